The molecule has 19 heavy (non-hydrogen) atoms. The van der Waals surface area contributed by atoms with E-state index in [0.717, 1.165) is 10.9 Å². The standard InChI is InChI=1S/C16H14O3/c1-18-13-9-5-8-12-10-14(19-16(12)13)15(17)11-6-3-2-4-7-11/h2-10,15,17H,1H3. The van der Waals surface area contributed by atoms with E-state index in [1.807, 2.05) is 54.6 Å². The van der Waals surface area contributed by atoms with Gasteiger partial charge in [0.25, 0.3) is 0 Å². The molecule has 3 aromatic rings. The van der Waals surface area contributed by atoms with Gasteiger partial charge in [-0.1, -0.05) is 42.5 Å². The maximum atomic E-state index is 10.3. The summed E-state index contributed by atoms with van der Waals surface area (Å²) >= 11 is 0. The van der Waals surface area contributed by atoms with Crippen molar-refractivity contribution in [3.63, 3.8) is 0 Å². The van der Waals surface area contributed by atoms with Crippen molar-refractivity contribution in [2.24, 2.45) is 0 Å². The molecule has 0 amide bonds. The first-order valence-electron chi connectivity index (χ1n) is 6.09. The molecular formula is C16H14O3. The Morgan fingerprint density at radius 3 is 2.58 bits per heavy atom. The lowest BCUT2D eigenvalue weighted by molar-refractivity contribution is 0.192. The fourth-order valence-electron chi connectivity index (χ4n) is 2.15. The van der Waals surface area contributed by atoms with Crippen LogP contribution in [-0.2, 0) is 0 Å². The SMILES string of the molecule is COc1cccc2cc(C(O)c3ccccc3)oc12. The third-order valence-corrected chi connectivity index (χ3v) is 3.13. The van der Waals surface area contributed by atoms with Gasteiger partial charge in [0, 0.05) is 5.39 Å². The van der Waals surface area contributed by atoms with Gasteiger partial charge < -0.3 is 14.3 Å². The molecule has 1 unspecified atom stereocenters. The lowest BCUT2D eigenvalue weighted by Gasteiger charge is -2.07. The molecule has 0 aliphatic heterocycles. The number of hydrogen-bond donors (Lipinski definition) is 1. The Kier molecular flexibility index (Phi) is 2.97. The van der Waals surface area contributed by atoms with Crippen molar-refractivity contribution in [1.29, 1.82) is 0 Å². The number of aliphatic hydroxyl groups excluding tert-OH is 1. The summed E-state index contributed by atoms with van der Waals surface area (Å²) < 4.78 is 11.0. The lowest BCUT2D eigenvalue weighted by Crippen LogP contribution is -1.96. The summed E-state index contributed by atoms with van der Waals surface area (Å²) in [5.41, 5.74) is 1.47. The minimum Gasteiger partial charge on any atom is -0.493 e. The summed E-state index contributed by atoms with van der Waals surface area (Å²) in [5, 5.41) is 11.2. The van der Waals surface area contributed by atoms with Crippen LogP contribution >= 0.6 is 0 Å². The van der Waals surface area contributed by atoms with Crippen LogP contribution in [0.15, 0.2) is 59.0 Å². The summed E-state index contributed by atoms with van der Waals surface area (Å²) in [5.74, 6) is 1.19. The van der Waals surface area contributed by atoms with E-state index in [2.05, 4.69) is 0 Å². The first-order chi connectivity index (χ1) is 9.29. The summed E-state index contributed by atoms with van der Waals surface area (Å²) in [7, 11) is 1.60. The van der Waals surface area contributed by atoms with Crippen LogP contribution in [-0.4, -0.2) is 12.2 Å². The highest BCUT2D eigenvalue weighted by Crippen LogP contribution is 2.32. The highest BCUT2D eigenvalue weighted by atomic mass is 16.5. The second kappa shape index (κ2) is 4.78. The van der Waals surface area contributed by atoms with Crippen LogP contribution in [0, 0.1) is 0 Å². The maximum Gasteiger partial charge on any atom is 0.176 e. The van der Waals surface area contributed by atoms with Crippen LogP contribution < -0.4 is 4.74 Å². The molecule has 1 N–H and O–H groups in total. The topological polar surface area (TPSA) is 42.6 Å². The van der Waals surface area contributed by atoms with Gasteiger partial charge in [0.2, 0.25) is 0 Å². The molecule has 96 valence electrons. The van der Waals surface area contributed by atoms with E-state index in [1.54, 1.807) is 7.11 Å². The van der Waals surface area contributed by atoms with Crippen molar-refractivity contribution in [3.05, 3.63) is 65.9 Å². The van der Waals surface area contributed by atoms with Crippen LogP contribution in [0.5, 0.6) is 5.75 Å². The second-order valence-corrected chi connectivity index (χ2v) is 4.34. The smallest absolute Gasteiger partial charge is 0.176 e. The van der Waals surface area contributed by atoms with Crippen molar-refractivity contribution in [2.45, 2.75) is 6.10 Å². The third kappa shape index (κ3) is 2.09. The van der Waals surface area contributed by atoms with Crippen molar-refractivity contribution in [3.8, 4) is 5.75 Å². The van der Waals surface area contributed by atoms with E-state index < -0.39 is 6.10 Å². The Bertz CT molecular complexity index is 686. The quantitative estimate of drug-likeness (QED) is 0.777. The molecule has 0 aliphatic carbocycles. The molecule has 0 saturated carbocycles. The fourth-order valence-corrected chi connectivity index (χ4v) is 2.15. The van der Waals surface area contributed by atoms with E-state index in [-0.39, 0.29) is 0 Å². The summed E-state index contributed by atoms with van der Waals surface area (Å²) in [4.78, 5) is 0. The van der Waals surface area contributed by atoms with Gasteiger partial charge in [-0.05, 0) is 17.7 Å². The van der Waals surface area contributed by atoms with Gasteiger partial charge >= 0.3 is 0 Å². The first-order valence-corrected chi connectivity index (χ1v) is 6.09. The van der Waals surface area contributed by atoms with Crippen molar-refractivity contribution >= 4 is 11.0 Å². The van der Waals surface area contributed by atoms with Gasteiger partial charge in [0.05, 0.1) is 7.11 Å². The van der Waals surface area contributed by atoms with E-state index in [1.165, 1.54) is 0 Å². The number of hydrogen-bond acceptors (Lipinski definition) is 3. The Labute approximate surface area is 111 Å². The lowest BCUT2D eigenvalue weighted by atomic mass is 10.1. The number of ether oxygens (including phenoxy) is 1. The van der Waals surface area contributed by atoms with Gasteiger partial charge in [-0.3, -0.25) is 0 Å². The zero-order valence-corrected chi connectivity index (χ0v) is 10.5. The fraction of sp³-hybridized carbons (Fsp3) is 0.125. The van der Waals surface area contributed by atoms with Crippen LogP contribution in [0.3, 0.4) is 0 Å². The van der Waals surface area contributed by atoms with Crippen LogP contribution in [0.2, 0.25) is 0 Å². The van der Waals surface area contributed by atoms with E-state index in [0.29, 0.717) is 17.1 Å². The van der Waals surface area contributed by atoms with Crippen molar-refractivity contribution in [1.82, 2.24) is 0 Å². The Hall–Kier alpha value is -2.26. The molecule has 0 bridgehead atoms. The normalized spacial score (nSPS) is 12.5. The van der Waals surface area contributed by atoms with E-state index >= 15 is 0 Å². The molecule has 0 spiro atoms. The monoisotopic (exact) mass is 254 g/mol. The minimum atomic E-state index is -0.765. The van der Waals surface area contributed by atoms with Gasteiger partial charge in [-0.25, -0.2) is 0 Å². The number of benzene rings is 2. The molecule has 3 nitrogen and oxygen atoms in total. The molecule has 0 fully saturated rings. The Morgan fingerprint density at radius 1 is 1.05 bits per heavy atom. The first kappa shape index (κ1) is 11.8. The summed E-state index contributed by atoms with van der Waals surface area (Å²) in [6, 6.07) is 16.9. The van der Waals surface area contributed by atoms with Crippen LogP contribution in [0.1, 0.15) is 17.4 Å². The van der Waals surface area contributed by atoms with Crippen LogP contribution in [0.4, 0.5) is 0 Å². The number of fused-ring (bicyclic) bond motifs is 1. The number of para-hydroxylation sites is 1. The number of furan rings is 1. The second-order valence-electron chi connectivity index (χ2n) is 4.34. The van der Waals surface area contributed by atoms with E-state index in [9.17, 15) is 5.11 Å². The van der Waals surface area contributed by atoms with Gasteiger partial charge in [0.1, 0.15) is 11.9 Å². The zero-order valence-electron chi connectivity index (χ0n) is 10.5. The molecule has 3 rings (SSSR count). The maximum absolute atomic E-state index is 10.3. The van der Waals surface area contributed by atoms with Gasteiger partial charge in [-0.2, -0.15) is 0 Å². The molecule has 3 heteroatoms. The van der Waals surface area contributed by atoms with E-state index in [4.69, 9.17) is 9.15 Å². The molecule has 0 saturated heterocycles. The van der Waals surface area contributed by atoms with Crippen molar-refractivity contribution in [2.75, 3.05) is 7.11 Å². The van der Waals surface area contributed by atoms with Gasteiger partial charge in [-0.15, -0.1) is 0 Å². The highest BCUT2D eigenvalue weighted by Gasteiger charge is 2.16. The molecule has 2 aromatic carbocycles. The minimum absolute atomic E-state index is 0.519. The predicted octanol–water partition coefficient (Wildman–Crippen LogP) is 3.52. The number of methoxy groups -OCH3 is 1. The Morgan fingerprint density at radius 2 is 1.84 bits per heavy atom. The summed E-state index contributed by atoms with van der Waals surface area (Å²) in [6.45, 7) is 0. The van der Waals surface area contributed by atoms with Crippen molar-refractivity contribution < 1.29 is 14.3 Å². The van der Waals surface area contributed by atoms with Gasteiger partial charge in [0.15, 0.2) is 11.3 Å². The molecule has 1 atom stereocenters. The molecule has 0 aliphatic rings. The highest BCUT2D eigenvalue weighted by molar-refractivity contribution is 5.83. The Balaban J connectivity index is 2.06. The third-order valence-electron chi connectivity index (χ3n) is 3.13. The molecule has 0 radical (unpaired) electrons. The zero-order chi connectivity index (χ0) is 13.2. The predicted molar refractivity (Wildman–Crippen MR) is 73.3 cm³/mol. The van der Waals surface area contributed by atoms with Crippen LogP contribution in [0.25, 0.3) is 11.0 Å². The largest absolute Gasteiger partial charge is 0.493 e. The summed E-state index contributed by atoms with van der Waals surface area (Å²) in [6.07, 6.45) is -0.765. The number of rotatable bonds is 3. The average Bonchev–Trinajstić information content (AvgIpc) is 2.91. The molecule has 1 heterocycles. The molecule has 1 aromatic heterocycles. The number of aliphatic hydroxyl groups is 1. The average molecular weight is 254 g/mol. The molecular weight excluding hydrogens is 240 g/mol.